The normalized spacial score (nSPS) is 18.8. The molecule has 0 saturated heterocycles. The Hall–Kier alpha value is -3.29. The van der Waals surface area contributed by atoms with Crippen molar-refractivity contribution in [3.63, 3.8) is 0 Å². The summed E-state index contributed by atoms with van der Waals surface area (Å²) in [4.78, 5) is 40.7. The van der Waals surface area contributed by atoms with Gasteiger partial charge in [0.15, 0.2) is 0 Å². The number of halogens is 1. The third-order valence-electron chi connectivity index (χ3n) is 7.23. The van der Waals surface area contributed by atoms with Crippen LogP contribution in [0.3, 0.4) is 0 Å². The third kappa shape index (κ3) is 5.18. The number of aromatic nitrogens is 3. The Bertz CT molecular complexity index is 1720. The number of fused-ring (bicyclic) bond motifs is 1. The molecule has 0 bridgehead atoms. The van der Waals surface area contributed by atoms with Gasteiger partial charge >= 0.3 is 5.69 Å². The molecule has 2 fully saturated rings. The molecule has 2 heterocycles. The van der Waals surface area contributed by atoms with Crippen LogP contribution in [0.5, 0.6) is 0 Å². The first kappa shape index (κ1) is 28.7. The van der Waals surface area contributed by atoms with Crippen LogP contribution in [0.1, 0.15) is 62.7 Å². The van der Waals surface area contributed by atoms with Crippen LogP contribution < -0.4 is 31.6 Å². The molecule has 13 heteroatoms. The van der Waals surface area contributed by atoms with Gasteiger partial charge < -0.3 is 5.32 Å². The summed E-state index contributed by atoms with van der Waals surface area (Å²) >= 11 is 0. The molecule has 0 aliphatic heterocycles. The Kier molecular flexibility index (Phi) is 7.88. The van der Waals surface area contributed by atoms with E-state index in [1.165, 1.54) is 39.9 Å². The van der Waals surface area contributed by atoms with Crippen molar-refractivity contribution < 1.29 is 12.8 Å². The molecule has 39 heavy (non-hydrogen) atoms. The van der Waals surface area contributed by atoms with E-state index in [1.807, 2.05) is 13.8 Å². The van der Waals surface area contributed by atoms with Crippen molar-refractivity contribution in [3.05, 3.63) is 66.3 Å². The minimum absolute atomic E-state index is 0.0889. The zero-order valence-corrected chi connectivity index (χ0v) is 23.8. The molecule has 0 radical (unpaired) electrons. The molecule has 2 aromatic heterocycles. The molecular weight excluding hydrogens is 527 g/mol. The largest absolute Gasteiger partial charge is 0.338 e. The number of rotatable bonds is 7. The quantitative estimate of drug-likeness (QED) is 0.405. The minimum atomic E-state index is -3.67. The number of hydrogen-bond donors (Lipinski definition) is 3. The van der Waals surface area contributed by atoms with E-state index in [1.54, 1.807) is 19.9 Å². The maximum Gasteiger partial charge on any atom is 0.332 e. The predicted octanol–water partition coefficient (Wildman–Crippen LogP) is 2.48. The molecule has 0 atom stereocenters. The zero-order chi connectivity index (χ0) is 28.8. The first-order valence-corrected chi connectivity index (χ1v) is 14.6. The van der Waals surface area contributed by atoms with E-state index in [2.05, 4.69) is 14.8 Å². The second-order valence-electron chi connectivity index (χ2n) is 9.88. The predicted molar refractivity (Wildman–Crippen MR) is 150 cm³/mol. The van der Waals surface area contributed by atoms with Gasteiger partial charge in [-0.1, -0.05) is 19.9 Å². The van der Waals surface area contributed by atoms with Crippen molar-refractivity contribution in [2.75, 3.05) is 12.4 Å². The van der Waals surface area contributed by atoms with E-state index in [9.17, 15) is 27.2 Å². The molecule has 2 saturated carbocycles. The van der Waals surface area contributed by atoms with Crippen molar-refractivity contribution >= 4 is 32.6 Å². The average Bonchev–Trinajstić information content (AvgIpc) is 3.71. The van der Waals surface area contributed by atoms with Crippen LogP contribution >= 0.6 is 0 Å². The Morgan fingerprint density at radius 2 is 1.62 bits per heavy atom. The lowest BCUT2D eigenvalue weighted by atomic mass is 9.87. The summed E-state index contributed by atoms with van der Waals surface area (Å²) in [5.41, 5.74) is -0.308. The molecule has 0 unspecified atom stereocenters. The number of anilines is 2. The van der Waals surface area contributed by atoms with Gasteiger partial charge in [-0.15, -0.1) is 0 Å². The molecule has 1 aromatic carbocycles. The van der Waals surface area contributed by atoms with Crippen molar-refractivity contribution in [3.8, 4) is 0 Å². The number of hydrogen-bond acceptors (Lipinski definition) is 6. The van der Waals surface area contributed by atoms with Crippen molar-refractivity contribution in [1.29, 1.82) is 0 Å². The summed E-state index contributed by atoms with van der Waals surface area (Å²) < 4.78 is 47.2. The first-order chi connectivity index (χ1) is 18.4. The van der Waals surface area contributed by atoms with E-state index in [0.717, 1.165) is 0 Å². The fourth-order valence-electron chi connectivity index (χ4n) is 5.01. The molecule has 2 aliphatic carbocycles. The standard InChI is InChI=1S/C24H29FN6O5S.C2H6/c1-12-5-8-18(17(25)9-12)27-21-19-20(13(2)22(32)29(21)4)30(24(34)31(23(19)33)15-6-7-15)16-10-14(11-16)28-37(35,36)26-3;1-2/h5,8-9,14-16,26-28H,6-7,10-11H2,1-4H3;1-2H3. The van der Waals surface area contributed by atoms with Crippen LogP contribution in [0.2, 0.25) is 0 Å². The lowest BCUT2D eigenvalue weighted by Gasteiger charge is -2.37. The topological polar surface area (TPSA) is 136 Å². The molecule has 2 aliphatic rings. The summed E-state index contributed by atoms with van der Waals surface area (Å²) in [6.45, 7) is 7.30. The van der Waals surface area contributed by atoms with Crippen LogP contribution in [0.15, 0.2) is 32.6 Å². The SMILES string of the molecule is CC.CNS(=O)(=O)NC1CC(n2c(=O)n(C3CC3)c(=O)c3c(Nc4ccc(C)cc4F)n(C)c(=O)c(C)c32)C1. The second-order valence-corrected chi connectivity index (χ2v) is 11.5. The summed E-state index contributed by atoms with van der Waals surface area (Å²) in [6.07, 6.45) is 1.97. The van der Waals surface area contributed by atoms with Gasteiger partial charge in [-0.05, 0) is 57.2 Å². The molecule has 3 aromatic rings. The van der Waals surface area contributed by atoms with Crippen LogP contribution in [-0.2, 0) is 17.3 Å². The molecular formula is C26H35FN6O5S. The Labute approximate surface area is 225 Å². The molecule has 0 spiro atoms. The first-order valence-electron chi connectivity index (χ1n) is 13.1. The van der Waals surface area contributed by atoms with Gasteiger partial charge in [0, 0.05) is 37.8 Å². The lowest BCUT2D eigenvalue weighted by Crippen LogP contribution is -2.51. The van der Waals surface area contributed by atoms with Gasteiger partial charge in [-0.2, -0.15) is 13.1 Å². The van der Waals surface area contributed by atoms with E-state index in [-0.39, 0.29) is 34.0 Å². The monoisotopic (exact) mass is 562 g/mol. The number of benzene rings is 1. The molecule has 0 amide bonds. The van der Waals surface area contributed by atoms with E-state index in [0.29, 0.717) is 31.2 Å². The summed E-state index contributed by atoms with van der Waals surface area (Å²) in [5, 5.41) is 3.05. The Morgan fingerprint density at radius 1 is 0.974 bits per heavy atom. The minimum Gasteiger partial charge on any atom is -0.338 e. The van der Waals surface area contributed by atoms with Gasteiger partial charge in [0.1, 0.15) is 17.0 Å². The fourth-order valence-corrected chi connectivity index (χ4v) is 5.76. The van der Waals surface area contributed by atoms with Crippen LogP contribution in [0.25, 0.3) is 10.9 Å². The second kappa shape index (κ2) is 10.7. The van der Waals surface area contributed by atoms with Crippen LogP contribution in [-0.4, -0.2) is 35.2 Å². The highest BCUT2D eigenvalue weighted by Gasteiger charge is 2.38. The molecule has 3 N–H and O–H groups in total. The third-order valence-corrected chi connectivity index (χ3v) is 8.42. The number of nitrogens with zero attached hydrogens (tertiary/aromatic N) is 3. The molecule has 5 rings (SSSR count). The van der Waals surface area contributed by atoms with Gasteiger partial charge in [0.05, 0.1) is 11.2 Å². The Morgan fingerprint density at radius 3 is 2.18 bits per heavy atom. The smallest absolute Gasteiger partial charge is 0.332 e. The molecule has 11 nitrogen and oxygen atoms in total. The molecule has 212 valence electrons. The highest BCUT2D eigenvalue weighted by molar-refractivity contribution is 7.87. The van der Waals surface area contributed by atoms with Gasteiger partial charge in [0.25, 0.3) is 21.3 Å². The number of aryl methyl sites for hydroxylation is 2. The van der Waals surface area contributed by atoms with E-state index in [4.69, 9.17) is 0 Å². The summed E-state index contributed by atoms with van der Waals surface area (Å²) in [7, 11) is -0.877. The van der Waals surface area contributed by atoms with Crippen LogP contribution in [0, 0.1) is 19.7 Å². The van der Waals surface area contributed by atoms with Crippen molar-refractivity contribution in [2.45, 2.75) is 71.5 Å². The number of nitrogens with one attached hydrogen (secondary N) is 3. The highest BCUT2D eigenvalue weighted by Crippen LogP contribution is 2.37. The summed E-state index contributed by atoms with van der Waals surface area (Å²) in [5.74, 6) is -0.455. The van der Waals surface area contributed by atoms with Crippen LogP contribution in [0.4, 0.5) is 15.9 Å². The van der Waals surface area contributed by atoms with E-state index >= 15 is 0 Å². The van der Waals surface area contributed by atoms with Gasteiger partial charge in [-0.25, -0.2) is 13.9 Å². The fraction of sp³-hybridized carbons (Fsp3) is 0.500. The maximum atomic E-state index is 14.8. The Balaban J connectivity index is 0.00000172. The average molecular weight is 563 g/mol. The lowest BCUT2D eigenvalue weighted by molar-refractivity contribution is 0.244. The zero-order valence-electron chi connectivity index (χ0n) is 23.0. The highest BCUT2D eigenvalue weighted by atomic mass is 32.2. The van der Waals surface area contributed by atoms with Gasteiger partial charge in [0.2, 0.25) is 0 Å². The number of pyridine rings is 1. The maximum absolute atomic E-state index is 14.8. The van der Waals surface area contributed by atoms with E-state index < -0.39 is 44.9 Å². The van der Waals surface area contributed by atoms with Crippen molar-refractivity contribution in [2.24, 2.45) is 7.05 Å². The van der Waals surface area contributed by atoms with Gasteiger partial charge in [-0.3, -0.25) is 23.3 Å². The summed E-state index contributed by atoms with van der Waals surface area (Å²) in [6, 6.07) is 3.49. The van der Waals surface area contributed by atoms with Crippen molar-refractivity contribution in [1.82, 2.24) is 23.1 Å².